The molecule has 0 saturated heterocycles. The highest BCUT2D eigenvalue weighted by Gasteiger charge is 2.05. The zero-order valence-electron chi connectivity index (χ0n) is 8.22. The topological polar surface area (TPSA) is 26.0 Å². The van der Waals surface area contributed by atoms with Gasteiger partial charge in [0.15, 0.2) is 0 Å². The molecule has 1 nitrogen and oxygen atoms in total. The summed E-state index contributed by atoms with van der Waals surface area (Å²) >= 11 is 3.23. The maximum atomic E-state index is 13.0. The third-order valence-electron chi connectivity index (χ3n) is 1.78. The van der Waals surface area contributed by atoms with Crippen molar-refractivity contribution < 1.29 is 4.39 Å². The molecule has 0 aliphatic rings. The summed E-state index contributed by atoms with van der Waals surface area (Å²) in [5.74, 6) is -0.271. The lowest BCUT2D eigenvalue weighted by Crippen LogP contribution is -2.07. The lowest BCUT2D eigenvalue weighted by atomic mass is 10.1. The van der Waals surface area contributed by atoms with Crippen LogP contribution in [-0.4, -0.2) is 0 Å². The summed E-state index contributed by atoms with van der Waals surface area (Å²) in [6, 6.07) is 4.45. The van der Waals surface area contributed by atoms with Gasteiger partial charge < -0.3 is 5.73 Å². The number of rotatable bonds is 2. The molecule has 0 aliphatic carbocycles. The van der Waals surface area contributed by atoms with Crippen LogP contribution >= 0.6 is 15.9 Å². The highest BCUT2D eigenvalue weighted by atomic mass is 79.9. The van der Waals surface area contributed by atoms with E-state index in [2.05, 4.69) is 15.9 Å². The molecule has 1 aromatic rings. The van der Waals surface area contributed by atoms with Crippen LogP contribution in [0.3, 0.4) is 0 Å². The van der Waals surface area contributed by atoms with Crippen LogP contribution in [0.2, 0.25) is 0 Å². The Morgan fingerprint density at radius 3 is 2.57 bits per heavy atom. The molecule has 1 unspecified atom stereocenters. The van der Waals surface area contributed by atoms with E-state index in [1.165, 1.54) is 12.1 Å². The van der Waals surface area contributed by atoms with Gasteiger partial charge in [-0.2, -0.15) is 0 Å². The van der Waals surface area contributed by atoms with Gasteiger partial charge in [-0.1, -0.05) is 27.6 Å². The highest BCUT2D eigenvalue weighted by Crippen LogP contribution is 2.20. The zero-order chi connectivity index (χ0) is 10.7. The monoisotopic (exact) mass is 257 g/mol. The standard InChI is InChI=1S/C11H13BrFN/c1-7(2)3-11(14)8-4-9(12)6-10(13)5-8/h3-6,11H,14H2,1-2H3. The average molecular weight is 258 g/mol. The van der Waals surface area contributed by atoms with E-state index in [1.54, 1.807) is 0 Å². The third-order valence-corrected chi connectivity index (χ3v) is 2.24. The molecule has 14 heavy (non-hydrogen) atoms. The van der Waals surface area contributed by atoms with Crippen LogP contribution in [0, 0.1) is 5.82 Å². The summed E-state index contributed by atoms with van der Waals surface area (Å²) in [5.41, 5.74) is 7.77. The van der Waals surface area contributed by atoms with Crippen molar-refractivity contribution in [3.05, 3.63) is 45.7 Å². The van der Waals surface area contributed by atoms with E-state index < -0.39 is 0 Å². The first-order chi connectivity index (χ1) is 6.49. The number of hydrogen-bond acceptors (Lipinski definition) is 1. The first-order valence-electron chi connectivity index (χ1n) is 4.35. The fraction of sp³-hybridized carbons (Fsp3) is 0.273. The van der Waals surface area contributed by atoms with Gasteiger partial charge in [-0.15, -0.1) is 0 Å². The summed E-state index contributed by atoms with van der Waals surface area (Å²) in [6.07, 6.45) is 1.90. The minimum absolute atomic E-state index is 0.244. The Balaban J connectivity index is 3.01. The van der Waals surface area contributed by atoms with Crippen LogP contribution in [0.4, 0.5) is 4.39 Å². The van der Waals surface area contributed by atoms with Gasteiger partial charge in [0.2, 0.25) is 0 Å². The van der Waals surface area contributed by atoms with Gasteiger partial charge >= 0.3 is 0 Å². The second-order valence-corrected chi connectivity index (χ2v) is 4.39. The zero-order valence-corrected chi connectivity index (χ0v) is 9.81. The maximum Gasteiger partial charge on any atom is 0.124 e. The molecular formula is C11H13BrFN. The quantitative estimate of drug-likeness (QED) is 0.806. The molecule has 0 fully saturated rings. The van der Waals surface area contributed by atoms with Crippen LogP contribution in [0.25, 0.3) is 0 Å². The number of allylic oxidation sites excluding steroid dienone is 1. The Labute approximate surface area is 91.9 Å². The molecule has 0 spiro atoms. The van der Waals surface area contributed by atoms with Crippen molar-refractivity contribution in [3.8, 4) is 0 Å². The van der Waals surface area contributed by atoms with E-state index in [9.17, 15) is 4.39 Å². The lowest BCUT2D eigenvalue weighted by molar-refractivity contribution is 0.623. The van der Waals surface area contributed by atoms with Crippen molar-refractivity contribution in [3.63, 3.8) is 0 Å². The Hall–Kier alpha value is -0.670. The maximum absolute atomic E-state index is 13.0. The molecule has 2 N–H and O–H groups in total. The van der Waals surface area contributed by atoms with Crippen molar-refractivity contribution in [2.75, 3.05) is 0 Å². The Morgan fingerprint density at radius 1 is 1.43 bits per heavy atom. The molecule has 0 heterocycles. The molecule has 0 saturated carbocycles. The fourth-order valence-corrected chi connectivity index (χ4v) is 1.71. The van der Waals surface area contributed by atoms with Crippen LogP contribution in [0.1, 0.15) is 25.5 Å². The van der Waals surface area contributed by atoms with E-state index in [-0.39, 0.29) is 11.9 Å². The summed E-state index contributed by atoms with van der Waals surface area (Å²) in [7, 11) is 0. The largest absolute Gasteiger partial charge is 0.321 e. The smallest absolute Gasteiger partial charge is 0.124 e. The van der Waals surface area contributed by atoms with Crippen LogP contribution in [-0.2, 0) is 0 Å². The van der Waals surface area contributed by atoms with Gasteiger partial charge in [0, 0.05) is 10.5 Å². The van der Waals surface area contributed by atoms with E-state index in [4.69, 9.17) is 5.73 Å². The molecular weight excluding hydrogens is 245 g/mol. The first-order valence-corrected chi connectivity index (χ1v) is 5.15. The molecule has 0 bridgehead atoms. The minimum Gasteiger partial charge on any atom is -0.321 e. The Morgan fingerprint density at radius 2 is 2.07 bits per heavy atom. The predicted octanol–water partition coefficient (Wildman–Crippen LogP) is 3.55. The average Bonchev–Trinajstić information content (AvgIpc) is 2.00. The molecule has 76 valence electrons. The van der Waals surface area contributed by atoms with Gasteiger partial charge in [0.1, 0.15) is 5.82 Å². The minimum atomic E-state index is -0.271. The summed E-state index contributed by atoms with van der Waals surface area (Å²) in [4.78, 5) is 0. The lowest BCUT2D eigenvalue weighted by Gasteiger charge is -2.08. The van der Waals surface area contributed by atoms with E-state index in [1.807, 2.05) is 26.0 Å². The number of nitrogens with two attached hydrogens (primary N) is 1. The van der Waals surface area contributed by atoms with Gasteiger partial charge in [0.05, 0.1) is 0 Å². The van der Waals surface area contributed by atoms with E-state index in [0.717, 1.165) is 11.1 Å². The van der Waals surface area contributed by atoms with Crippen molar-refractivity contribution in [1.82, 2.24) is 0 Å². The van der Waals surface area contributed by atoms with Crippen molar-refractivity contribution >= 4 is 15.9 Å². The highest BCUT2D eigenvalue weighted by molar-refractivity contribution is 9.10. The molecule has 0 aliphatic heterocycles. The molecule has 0 amide bonds. The van der Waals surface area contributed by atoms with Crippen LogP contribution in [0.15, 0.2) is 34.3 Å². The molecule has 3 heteroatoms. The second-order valence-electron chi connectivity index (χ2n) is 3.47. The number of benzene rings is 1. The SMILES string of the molecule is CC(C)=CC(N)c1cc(F)cc(Br)c1. The normalized spacial score (nSPS) is 12.4. The van der Waals surface area contributed by atoms with E-state index >= 15 is 0 Å². The molecule has 1 atom stereocenters. The molecule has 0 radical (unpaired) electrons. The summed E-state index contributed by atoms with van der Waals surface area (Å²) < 4.78 is 13.7. The second kappa shape index (κ2) is 4.71. The van der Waals surface area contributed by atoms with Gasteiger partial charge in [0.25, 0.3) is 0 Å². The van der Waals surface area contributed by atoms with Crippen molar-refractivity contribution in [1.29, 1.82) is 0 Å². The fourth-order valence-electron chi connectivity index (χ4n) is 1.22. The van der Waals surface area contributed by atoms with Crippen molar-refractivity contribution in [2.24, 2.45) is 5.73 Å². The Bertz CT molecular complexity index is 336. The van der Waals surface area contributed by atoms with Crippen LogP contribution in [0.5, 0.6) is 0 Å². The van der Waals surface area contributed by atoms with Gasteiger partial charge in [-0.05, 0) is 37.6 Å². The number of hydrogen-bond donors (Lipinski definition) is 1. The van der Waals surface area contributed by atoms with Gasteiger partial charge in [-0.3, -0.25) is 0 Å². The molecule has 0 aromatic heterocycles. The first kappa shape index (κ1) is 11.4. The molecule has 1 aromatic carbocycles. The van der Waals surface area contributed by atoms with Crippen molar-refractivity contribution in [2.45, 2.75) is 19.9 Å². The predicted molar refractivity (Wildman–Crippen MR) is 60.5 cm³/mol. The van der Waals surface area contributed by atoms with E-state index in [0.29, 0.717) is 4.47 Å². The van der Waals surface area contributed by atoms with Gasteiger partial charge in [-0.25, -0.2) is 4.39 Å². The number of halogens is 2. The Kier molecular flexibility index (Phi) is 3.84. The molecule has 1 rings (SSSR count). The summed E-state index contributed by atoms with van der Waals surface area (Å²) in [6.45, 7) is 3.93. The summed E-state index contributed by atoms with van der Waals surface area (Å²) in [5, 5.41) is 0. The van der Waals surface area contributed by atoms with Crippen LogP contribution < -0.4 is 5.73 Å². The third kappa shape index (κ3) is 3.24.